The molecule has 0 fully saturated rings. The van der Waals surface area contributed by atoms with Crippen molar-refractivity contribution in [2.75, 3.05) is 41.5 Å². The van der Waals surface area contributed by atoms with Gasteiger partial charge < -0.3 is 24.4 Å². The van der Waals surface area contributed by atoms with Gasteiger partial charge in [0.2, 0.25) is 5.91 Å². The molecule has 0 aliphatic carbocycles. The number of ether oxygens (including phenoxy) is 3. The first-order valence-electron chi connectivity index (χ1n) is 8.88. The van der Waals surface area contributed by atoms with E-state index in [1.807, 2.05) is 62.6 Å². The van der Waals surface area contributed by atoms with Crippen LogP contribution in [-0.4, -0.2) is 52.3 Å². The van der Waals surface area contributed by atoms with E-state index in [2.05, 4.69) is 10.2 Å². The van der Waals surface area contributed by atoms with Gasteiger partial charge in [-0.2, -0.15) is 0 Å². The van der Waals surface area contributed by atoms with E-state index in [1.165, 1.54) is 0 Å². The lowest BCUT2D eigenvalue weighted by atomic mass is 10.0. The Balaban J connectivity index is 1.89. The Morgan fingerprint density at radius 2 is 1.74 bits per heavy atom. The van der Waals surface area contributed by atoms with E-state index in [9.17, 15) is 4.79 Å². The number of benzene rings is 2. The average Bonchev–Trinajstić information content (AvgIpc) is 2.68. The maximum atomic E-state index is 12.2. The largest absolute Gasteiger partial charge is 0.493 e. The highest BCUT2D eigenvalue weighted by Crippen LogP contribution is 2.31. The molecule has 6 heteroatoms. The van der Waals surface area contributed by atoms with Crippen molar-refractivity contribution in [1.82, 2.24) is 10.2 Å². The Hall–Kier alpha value is -2.73. The van der Waals surface area contributed by atoms with Gasteiger partial charge in [0.15, 0.2) is 11.5 Å². The summed E-state index contributed by atoms with van der Waals surface area (Å²) in [6.07, 6.45) is 0.307. The molecule has 0 saturated heterocycles. The van der Waals surface area contributed by atoms with Crippen molar-refractivity contribution < 1.29 is 19.0 Å². The van der Waals surface area contributed by atoms with E-state index in [4.69, 9.17) is 14.2 Å². The van der Waals surface area contributed by atoms with Crippen molar-refractivity contribution in [1.29, 1.82) is 0 Å². The van der Waals surface area contributed by atoms with Gasteiger partial charge in [0.1, 0.15) is 5.75 Å². The second kappa shape index (κ2) is 10.4. The molecule has 1 unspecified atom stereocenters. The highest BCUT2D eigenvalue weighted by molar-refractivity contribution is 5.76. The molecule has 2 aromatic carbocycles. The van der Waals surface area contributed by atoms with Crippen molar-refractivity contribution in [3.63, 3.8) is 0 Å². The first kappa shape index (κ1) is 20.6. The van der Waals surface area contributed by atoms with Gasteiger partial charge >= 0.3 is 0 Å². The summed E-state index contributed by atoms with van der Waals surface area (Å²) in [5.74, 6) is 2.07. The van der Waals surface area contributed by atoms with Gasteiger partial charge in [0.25, 0.3) is 0 Å². The summed E-state index contributed by atoms with van der Waals surface area (Å²) in [6.45, 7) is 0.839. The van der Waals surface area contributed by atoms with Crippen LogP contribution in [0.25, 0.3) is 0 Å². The Morgan fingerprint density at radius 1 is 1.04 bits per heavy atom. The third kappa shape index (κ3) is 6.18. The normalized spacial score (nSPS) is 11.7. The molecule has 0 heterocycles. The zero-order valence-corrected chi connectivity index (χ0v) is 16.4. The van der Waals surface area contributed by atoms with Crippen LogP contribution in [0.2, 0.25) is 0 Å². The van der Waals surface area contributed by atoms with Gasteiger partial charge in [-0.05, 0) is 43.9 Å². The number of hydrogen-bond acceptors (Lipinski definition) is 5. The van der Waals surface area contributed by atoms with Crippen molar-refractivity contribution in [3.8, 4) is 17.2 Å². The van der Waals surface area contributed by atoms with E-state index in [-0.39, 0.29) is 11.9 Å². The first-order chi connectivity index (χ1) is 13.0. The number of rotatable bonds is 10. The molecule has 0 spiro atoms. The molecule has 146 valence electrons. The number of carbonyl (C=O) groups excluding carboxylic acids is 1. The van der Waals surface area contributed by atoms with Gasteiger partial charge in [0.05, 0.1) is 33.3 Å². The number of nitrogens with zero attached hydrogens (tertiary/aromatic N) is 1. The third-order valence-electron chi connectivity index (χ3n) is 4.25. The molecule has 0 aromatic heterocycles. The molecule has 1 amide bonds. The van der Waals surface area contributed by atoms with E-state index >= 15 is 0 Å². The molecular formula is C21H28N2O4. The molecule has 27 heavy (non-hydrogen) atoms. The topological polar surface area (TPSA) is 60.0 Å². The zero-order valence-electron chi connectivity index (χ0n) is 16.4. The highest BCUT2D eigenvalue weighted by atomic mass is 16.5. The quantitative estimate of drug-likeness (QED) is 0.695. The Kier molecular flexibility index (Phi) is 7.95. The zero-order chi connectivity index (χ0) is 19.6. The van der Waals surface area contributed by atoms with Crippen LogP contribution in [0.5, 0.6) is 17.2 Å². The Bertz CT molecular complexity index is 719. The van der Waals surface area contributed by atoms with Gasteiger partial charge in [-0.25, -0.2) is 0 Å². The lowest BCUT2D eigenvalue weighted by Gasteiger charge is -2.26. The maximum absolute atomic E-state index is 12.2. The van der Waals surface area contributed by atoms with Crippen molar-refractivity contribution in [3.05, 3.63) is 54.1 Å². The third-order valence-corrected chi connectivity index (χ3v) is 4.25. The molecule has 0 bridgehead atoms. The highest BCUT2D eigenvalue weighted by Gasteiger charge is 2.17. The Labute approximate surface area is 161 Å². The van der Waals surface area contributed by atoms with Gasteiger partial charge in [-0.15, -0.1) is 0 Å². The lowest BCUT2D eigenvalue weighted by molar-refractivity contribution is -0.121. The smallest absolute Gasteiger partial charge is 0.223 e. The van der Waals surface area contributed by atoms with E-state index in [1.54, 1.807) is 14.2 Å². The fourth-order valence-corrected chi connectivity index (χ4v) is 2.74. The van der Waals surface area contributed by atoms with E-state index in [0.29, 0.717) is 31.1 Å². The van der Waals surface area contributed by atoms with Crippen LogP contribution >= 0.6 is 0 Å². The number of nitrogens with one attached hydrogen (secondary N) is 1. The first-order valence-corrected chi connectivity index (χ1v) is 8.88. The van der Waals surface area contributed by atoms with Crippen LogP contribution in [0.15, 0.2) is 48.5 Å². The predicted molar refractivity (Wildman–Crippen MR) is 106 cm³/mol. The van der Waals surface area contributed by atoms with Crippen LogP contribution in [-0.2, 0) is 4.79 Å². The molecule has 2 rings (SSSR count). The number of amides is 1. The van der Waals surface area contributed by atoms with Crippen molar-refractivity contribution >= 4 is 5.91 Å². The molecule has 0 aliphatic rings. The van der Waals surface area contributed by atoms with Crippen LogP contribution in [0.4, 0.5) is 0 Å². The van der Waals surface area contributed by atoms with Crippen LogP contribution in [0, 0.1) is 0 Å². The van der Waals surface area contributed by atoms with Gasteiger partial charge in [-0.3, -0.25) is 4.79 Å². The number of likely N-dealkylation sites (N-methyl/N-ethyl adjacent to an activating group) is 1. The lowest BCUT2D eigenvalue weighted by Crippen LogP contribution is -2.35. The second-order valence-corrected chi connectivity index (χ2v) is 6.31. The minimum atomic E-state index is -0.0433. The molecule has 1 N–H and O–H groups in total. The van der Waals surface area contributed by atoms with Crippen molar-refractivity contribution in [2.24, 2.45) is 0 Å². The number of para-hydroxylation sites is 1. The molecule has 0 aliphatic heterocycles. The van der Waals surface area contributed by atoms with E-state index in [0.717, 1.165) is 11.3 Å². The molecule has 6 nitrogen and oxygen atoms in total. The van der Waals surface area contributed by atoms with Gasteiger partial charge in [0, 0.05) is 6.54 Å². The maximum Gasteiger partial charge on any atom is 0.223 e. The summed E-state index contributed by atoms with van der Waals surface area (Å²) in [6, 6.07) is 15.3. The minimum absolute atomic E-state index is 0.0174. The van der Waals surface area contributed by atoms with E-state index < -0.39 is 0 Å². The minimum Gasteiger partial charge on any atom is -0.493 e. The number of carbonyl (C=O) groups is 1. The summed E-state index contributed by atoms with van der Waals surface area (Å²) in [7, 11) is 7.18. The summed E-state index contributed by atoms with van der Waals surface area (Å²) in [4.78, 5) is 14.2. The van der Waals surface area contributed by atoms with Crippen LogP contribution in [0.3, 0.4) is 0 Å². The van der Waals surface area contributed by atoms with Crippen molar-refractivity contribution in [2.45, 2.75) is 12.5 Å². The molecule has 0 saturated carbocycles. The number of hydrogen-bond donors (Lipinski definition) is 1. The van der Waals surface area contributed by atoms with Gasteiger partial charge in [-0.1, -0.05) is 24.3 Å². The average molecular weight is 372 g/mol. The standard InChI is InChI=1S/C21H28N2O4/c1-23(2)18(16-10-11-19(25-3)20(14-16)26-4)15-22-21(24)12-13-27-17-8-6-5-7-9-17/h5-11,14,18H,12-13,15H2,1-4H3,(H,22,24). The second-order valence-electron chi connectivity index (χ2n) is 6.31. The Morgan fingerprint density at radius 3 is 2.37 bits per heavy atom. The summed E-state index contributed by atoms with van der Waals surface area (Å²) in [5.41, 5.74) is 1.04. The molecule has 2 aromatic rings. The number of methoxy groups -OCH3 is 2. The fraction of sp³-hybridized carbons (Fsp3) is 0.381. The monoisotopic (exact) mass is 372 g/mol. The molecule has 1 atom stereocenters. The predicted octanol–water partition coefficient (Wildman–Crippen LogP) is 2.89. The summed E-state index contributed by atoms with van der Waals surface area (Å²) < 4.78 is 16.2. The summed E-state index contributed by atoms with van der Waals surface area (Å²) in [5, 5.41) is 2.98. The molecular weight excluding hydrogens is 344 g/mol. The fourth-order valence-electron chi connectivity index (χ4n) is 2.74. The van der Waals surface area contributed by atoms with Crippen LogP contribution < -0.4 is 19.5 Å². The SMILES string of the molecule is COc1ccc(C(CNC(=O)CCOc2ccccc2)N(C)C)cc1OC. The molecule has 0 radical (unpaired) electrons. The summed E-state index contributed by atoms with van der Waals surface area (Å²) >= 11 is 0. The van der Waals surface area contributed by atoms with Crippen LogP contribution in [0.1, 0.15) is 18.0 Å².